The third kappa shape index (κ3) is 1.28. The summed E-state index contributed by atoms with van der Waals surface area (Å²) in [5.74, 6) is 0. The summed E-state index contributed by atoms with van der Waals surface area (Å²) >= 11 is 0. The molecule has 0 radical (unpaired) electrons. The number of nitrogens with zero attached hydrogens (tertiary/aromatic N) is 2. The van der Waals surface area contributed by atoms with Crippen LogP contribution in [-0.4, -0.2) is 17.1 Å². The average molecular weight is 142 g/mol. The van der Waals surface area contributed by atoms with Crippen LogP contribution in [0.25, 0.3) is 0 Å². The maximum absolute atomic E-state index is 10.3. The molecule has 0 aromatic heterocycles. The van der Waals surface area contributed by atoms with Crippen molar-refractivity contribution in [2.45, 2.75) is 38.6 Å². The van der Waals surface area contributed by atoms with Crippen LogP contribution in [-0.2, 0) is 0 Å². The van der Waals surface area contributed by atoms with E-state index in [1.54, 1.807) is 5.01 Å². The van der Waals surface area contributed by atoms with Crippen LogP contribution in [0.15, 0.2) is 5.29 Å². The lowest BCUT2D eigenvalue weighted by molar-refractivity contribution is 0.0787. The molecule has 0 aromatic rings. The van der Waals surface area contributed by atoms with Crippen LogP contribution in [0.3, 0.4) is 0 Å². The molecule has 1 fully saturated rings. The van der Waals surface area contributed by atoms with Gasteiger partial charge in [-0.2, -0.15) is 0 Å². The van der Waals surface area contributed by atoms with Crippen molar-refractivity contribution in [1.82, 2.24) is 5.01 Å². The molecule has 0 bridgehead atoms. The normalized spacial score (nSPS) is 24.4. The summed E-state index contributed by atoms with van der Waals surface area (Å²) in [4.78, 5) is 10.3. The highest BCUT2D eigenvalue weighted by Crippen LogP contribution is 2.26. The number of nitroso groups, excluding NO2 is 1. The van der Waals surface area contributed by atoms with Gasteiger partial charge in [-0.15, -0.1) is 4.91 Å². The van der Waals surface area contributed by atoms with Gasteiger partial charge in [-0.05, 0) is 33.1 Å². The molecular weight excluding hydrogens is 128 g/mol. The van der Waals surface area contributed by atoms with E-state index in [1.165, 1.54) is 6.42 Å². The van der Waals surface area contributed by atoms with Gasteiger partial charge in [-0.1, -0.05) is 0 Å². The highest BCUT2D eigenvalue weighted by Gasteiger charge is 2.29. The Labute approximate surface area is 61.3 Å². The minimum Gasteiger partial charge on any atom is -0.255 e. The molecule has 0 aromatic carbocycles. The van der Waals surface area contributed by atoms with Gasteiger partial charge in [-0.25, -0.2) is 0 Å². The molecule has 0 N–H and O–H groups in total. The fourth-order valence-corrected chi connectivity index (χ4v) is 1.40. The molecule has 3 heteroatoms. The third-order valence-electron chi connectivity index (χ3n) is 2.21. The fraction of sp³-hybridized carbons (Fsp3) is 1.00. The van der Waals surface area contributed by atoms with E-state index in [0.29, 0.717) is 0 Å². The Kier molecular flexibility index (Phi) is 1.92. The zero-order valence-electron chi connectivity index (χ0n) is 6.63. The quantitative estimate of drug-likeness (QED) is 0.524. The second kappa shape index (κ2) is 2.56. The minimum absolute atomic E-state index is 0. The van der Waals surface area contributed by atoms with Gasteiger partial charge in [0.15, 0.2) is 0 Å². The van der Waals surface area contributed by atoms with Gasteiger partial charge in [0.05, 0.1) is 10.8 Å². The zero-order chi connectivity index (χ0) is 7.61. The first-order chi connectivity index (χ1) is 4.67. The van der Waals surface area contributed by atoms with Crippen LogP contribution in [0.2, 0.25) is 0 Å². The van der Waals surface area contributed by atoms with Crippen LogP contribution in [0.5, 0.6) is 0 Å². The number of rotatable bonds is 1. The van der Waals surface area contributed by atoms with Crippen LogP contribution in [0, 0.1) is 4.91 Å². The predicted molar refractivity (Wildman–Crippen MR) is 40.4 cm³/mol. The molecule has 1 rings (SSSR count). The summed E-state index contributed by atoms with van der Waals surface area (Å²) in [6.45, 7) is 4.96. The molecule has 3 nitrogen and oxygen atoms in total. The van der Waals surface area contributed by atoms with Gasteiger partial charge in [0.2, 0.25) is 0 Å². The van der Waals surface area contributed by atoms with Gasteiger partial charge < -0.3 is 0 Å². The Hall–Kier alpha value is -0.600. The number of hydrogen-bond acceptors (Lipinski definition) is 2. The first-order valence-electron chi connectivity index (χ1n) is 3.78. The third-order valence-corrected chi connectivity index (χ3v) is 2.21. The maximum atomic E-state index is 10.3. The first-order valence-corrected chi connectivity index (χ1v) is 3.78. The molecule has 0 saturated carbocycles. The molecule has 10 heavy (non-hydrogen) atoms. The smallest absolute Gasteiger partial charge is 0.0555 e. The SMILES string of the molecule is CC1(C)CCCCN1N=O. The number of piperidine rings is 1. The van der Waals surface area contributed by atoms with E-state index < -0.39 is 0 Å². The van der Waals surface area contributed by atoms with Gasteiger partial charge >= 0.3 is 0 Å². The lowest BCUT2D eigenvalue weighted by Crippen LogP contribution is -2.43. The molecule has 0 atom stereocenters. The second-order valence-corrected chi connectivity index (χ2v) is 3.47. The summed E-state index contributed by atoms with van der Waals surface area (Å²) in [5.41, 5.74) is 0. The Morgan fingerprint density at radius 1 is 1.40 bits per heavy atom. The lowest BCUT2D eigenvalue weighted by atomic mass is 9.92. The highest BCUT2D eigenvalue weighted by molar-refractivity contribution is 4.82. The summed E-state index contributed by atoms with van der Waals surface area (Å²) in [6, 6.07) is 0. The molecule has 1 heterocycles. The molecule has 0 aliphatic carbocycles. The van der Waals surface area contributed by atoms with E-state index in [9.17, 15) is 4.91 Å². The summed E-state index contributed by atoms with van der Waals surface area (Å²) in [7, 11) is 0. The van der Waals surface area contributed by atoms with Crippen molar-refractivity contribution in [2.24, 2.45) is 5.29 Å². The van der Waals surface area contributed by atoms with Crippen molar-refractivity contribution < 1.29 is 0 Å². The summed E-state index contributed by atoms with van der Waals surface area (Å²) in [5, 5.41) is 4.63. The van der Waals surface area contributed by atoms with Crippen LogP contribution in [0.1, 0.15) is 33.1 Å². The van der Waals surface area contributed by atoms with E-state index in [2.05, 4.69) is 19.1 Å². The molecular formula is C7H14N2O. The predicted octanol–water partition coefficient (Wildman–Crippen LogP) is 1.93. The Balaban J connectivity index is 2.59. The largest absolute Gasteiger partial charge is 0.255 e. The fourth-order valence-electron chi connectivity index (χ4n) is 1.40. The Bertz CT molecular complexity index is 134. The summed E-state index contributed by atoms with van der Waals surface area (Å²) in [6.07, 6.45) is 3.41. The first kappa shape index (κ1) is 7.51. The molecule has 1 aliphatic heterocycles. The van der Waals surface area contributed by atoms with Crippen LogP contribution < -0.4 is 0 Å². The van der Waals surface area contributed by atoms with Crippen LogP contribution in [0.4, 0.5) is 0 Å². The minimum atomic E-state index is 0. The van der Waals surface area contributed by atoms with Crippen molar-refractivity contribution in [3.63, 3.8) is 0 Å². The van der Waals surface area contributed by atoms with Crippen molar-refractivity contribution in [1.29, 1.82) is 0 Å². The Morgan fingerprint density at radius 3 is 2.50 bits per heavy atom. The molecule has 58 valence electrons. The van der Waals surface area contributed by atoms with Gasteiger partial charge in [0.25, 0.3) is 0 Å². The average Bonchev–Trinajstić information content (AvgIpc) is 1.87. The molecule has 0 amide bonds. The van der Waals surface area contributed by atoms with E-state index in [0.717, 1.165) is 19.4 Å². The molecule has 1 aliphatic rings. The zero-order valence-corrected chi connectivity index (χ0v) is 6.63. The van der Waals surface area contributed by atoms with Crippen LogP contribution >= 0.6 is 0 Å². The monoisotopic (exact) mass is 142 g/mol. The Morgan fingerprint density at radius 2 is 2.10 bits per heavy atom. The lowest BCUT2D eigenvalue weighted by Gasteiger charge is -2.37. The van der Waals surface area contributed by atoms with Gasteiger partial charge in [0, 0.05) is 6.54 Å². The van der Waals surface area contributed by atoms with E-state index in [1.807, 2.05) is 0 Å². The topological polar surface area (TPSA) is 32.7 Å². The second-order valence-electron chi connectivity index (χ2n) is 3.47. The van der Waals surface area contributed by atoms with E-state index >= 15 is 0 Å². The molecule has 0 spiro atoms. The van der Waals surface area contributed by atoms with E-state index in [-0.39, 0.29) is 5.54 Å². The van der Waals surface area contributed by atoms with Crippen molar-refractivity contribution in [3.05, 3.63) is 4.91 Å². The standard InChI is InChI=1S/C7H14N2O/c1-7(2)5-3-4-6-9(7)8-10/h3-6H2,1-2H3. The van der Waals surface area contributed by atoms with Crippen molar-refractivity contribution in [3.8, 4) is 0 Å². The van der Waals surface area contributed by atoms with E-state index in [4.69, 9.17) is 0 Å². The maximum Gasteiger partial charge on any atom is 0.0555 e. The molecule has 0 unspecified atom stereocenters. The molecule has 1 saturated heterocycles. The van der Waals surface area contributed by atoms with Crippen molar-refractivity contribution in [2.75, 3.05) is 6.54 Å². The highest BCUT2D eigenvalue weighted by atomic mass is 16.3. The summed E-state index contributed by atoms with van der Waals surface area (Å²) < 4.78 is 0. The van der Waals surface area contributed by atoms with Gasteiger partial charge in [0.1, 0.15) is 0 Å². The van der Waals surface area contributed by atoms with Crippen molar-refractivity contribution >= 4 is 0 Å². The van der Waals surface area contributed by atoms with Gasteiger partial charge in [-0.3, -0.25) is 5.01 Å². The number of hydrogen-bond donors (Lipinski definition) is 0.